The van der Waals surface area contributed by atoms with E-state index in [1.807, 2.05) is 54.7 Å². The molecular formula is C29H24N6O2S. The highest BCUT2D eigenvalue weighted by molar-refractivity contribution is 8.27. The number of hydrogen-bond acceptors (Lipinski definition) is 6. The highest BCUT2D eigenvalue weighted by Crippen LogP contribution is 2.32. The lowest BCUT2D eigenvalue weighted by Gasteiger charge is -2.20. The van der Waals surface area contributed by atoms with E-state index in [0.29, 0.717) is 23.4 Å². The molecule has 1 N–H and O–H groups in total. The van der Waals surface area contributed by atoms with Gasteiger partial charge in [-0.25, -0.2) is 0 Å². The summed E-state index contributed by atoms with van der Waals surface area (Å²) in [6.07, 6.45) is 7.11. The number of hydrogen-bond donors (Lipinski definition) is 1. The third kappa shape index (κ3) is 4.41. The molecule has 188 valence electrons. The second-order valence-electron chi connectivity index (χ2n) is 9.06. The number of pyridine rings is 1. The number of para-hydroxylation sites is 1. The van der Waals surface area contributed by atoms with Gasteiger partial charge in [0.05, 0.1) is 12.1 Å². The summed E-state index contributed by atoms with van der Waals surface area (Å²) in [5.41, 5.74) is 5.29. The van der Waals surface area contributed by atoms with Crippen LogP contribution in [0.3, 0.4) is 0 Å². The van der Waals surface area contributed by atoms with Gasteiger partial charge < -0.3 is 9.30 Å². The smallest absolute Gasteiger partial charge is 0.283 e. The first-order chi connectivity index (χ1) is 18.5. The molecule has 0 aliphatic carbocycles. The van der Waals surface area contributed by atoms with Gasteiger partial charge in [0.25, 0.3) is 5.91 Å². The van der Waals surface area contributed by atoms with Crippen molar-refractivity contribution in [1.82, 2.24) is 14.6 Å². The first-order valence-corrected chi connectivity index (χ1v) is 13.0. The van der Waals surface area contributed by atoms with Gasteiger partial charge in [0.15, 0.2) is 5.84 Å². The van der Waals surface area contributed by atoms with Crippen molar-refractivity contribution in [2.45, 2.75) is 20.4 Å². The number of benzene rings is 2. The number of aromatic nitrogens is 2. The first-order valence-electron chi connectivity index (χ1n) is 12.2. The number of nitrogens with zero attached hydrogens (tertiary/aromatic N) is 5. The molecule has 4 aromatic rings. The Balaban J connectivity index is 1.27. The minimum absolute atomic E-state index is 0.00120. The largest absolute Gasteiger partial charge is 0.492 e. The first kappa shape index (κ1) is 23.9. The summed E-state index contributed by atoms with van der Waals surface area (Å²) in [5.74, 6) is 0.393. The lowest BCUT2D eigenvalue weighted by atomic mass is 10.1. The molecule has 4 heterocycles. The van der Waals surface area contributed by atoms with Crippen molar-refractivity contribution >= 4 is 50.7 Å². The SMILES string of the molecule is Cc1ccc(OCCn2cc(/C=C3/C(=N)N4N=C(c5cccnc5)SC4=NC3=O)c3ccccc32)cc1C. The summed E-state index contributed by atoms with van der Waals surface area (Å²) in [6, 6.07) is 17.8. The highest BCUT2D eigenvalue weighted by Gasteiger charge is 2.36. The third-order valence-electron chi connectivity index (χ3n) is 6.56. The minimum Gasteiger partial charge on any atom is -0.492 e. The lowest BCUT2D eigenvalue weighted by molar-refractivity contribution is -0.114. The fourth-order valence-electron chi connectivity index (χ4n) is 4.39. The molecule has 2 aromatic carbocycles. The molecule has 6 rings (SSSR count). The molecule has 0 unspecified atom stereocenters. The Hall–Kier alpha value is -4.50. The predicted molar refractivity (Wildman–Crippen MR) is 152 cm³/mol. The van der Waals surface area contributed by atoms with E-state index in [0.717, 1.165) is 27.8 Å². The third-order valence-corrected chi connectivity index (χ3v) is 7.52. The number of rotatable bonds is 6. The van der Waals surface area contributed by atoms with Crippen molar-refractivity contribution in [2.75, 3.05) is 6.61 Å². The molecule has 38 heavy (non-hydrogen) atoms. The summed E-state index contributed by atoms with van der Waals surface area (Å²) in [6.45, 7) is 5.28. The number of carbonyl (C=O) groups is 1. The molecule has 0 atom stereocenters. The van der Waals surface area contributed by atoms with Crippen LogP contribution in [0.1, 0.15) is 22.3 Å². The average molecular weight is 521 g/mol. The lowest BCUT2D eigenvalue weighted by Crippen LogP contribution is -2.35. The van der Waals surface area contributed by atoms with Crippen LogP contribution in [0, 0.1) is 19.3 Å². The van der Waals surface area contributed by atoms with Crippen LogP contribution in [0.5, 0.6) is 5.75 Å². The fraction of sp³-hybridized carbons (Fsp3) is 0.138. The van der Waals surface area contributed by atoms with Gasteiger partial charge >= 0.3 is 0 Å². The summed E-state index contributed by atoms with van der Waals surface area (Å²) >= 11 is 1.26. The Labute approximate surface area is 223 Å². The quantitative estimate of drug-likeness (QED) is 0.344. The zero-order valence-electron chi connectivity index (χ0n) is 20.9. The molecule has 0 fully saturated rings. The molecule has 0 bridgehead atoms. The van der Waals surface area contributed by atoms with E-state index in [1.165, 1.54) is 27.9 Å². The van der Waals surface area contributed by atoms with Crippen LogP contribution in [-0.2, 0) is 11.3 Å². The average Bonchev–Trinajstić information content (AvgIpc) is 3.51. The van der Waals surface area contributed by atoms with Crippen molar-refractivity contribution in [3.63, 3.8) is 0 Å². The van der Waals surface area contributed by atoms with E-state index in [-0.39, 0.29) is 11.4 Å². The number of thioether (sulfide) groups is 1. The number of amides is 1. The molecule has 1 amide bonds. The second-order valence-corrected chi connectivity index (χ2v) is 10.0. The molecule has 2 aliphatic rings. The number of carbonyl (C=O) groups excluding carboxylic acids is 1. The number of amidine groups is 2. The molecular weight excluding hydrogens is 496 g/mol. The minimum atomic E-state index is -0.453. The van der Waals surface area contributed by atoms with Crippen molar-refractivity contribution in [3.05, 3.63) is 101 Å². The Morgan fingerprint density at radius 2 is 1.95 bits per heavy atom. The molecule has 2 aromatic heterocycles. The Kier molecular flexibility index (Phi) is 6.13. The van der Waals surface area contributed by atoms with Crippen molar-refractivity contribution in [3.8, 4) is 5.75 Å². The zero-order valence-corrected chi connectivity index (χ0v) is 21.7. The molecule has 0 saturated carbocycles. The highest BCUT2D eigenvalue weighted by atomic mass is 32.2. The fourth-order valence-corrected chi connectivity index (χ4v) is 5.28. The molecule has 9 heteroatoms. The molecule has 0 saturated heterocycles. The maximum Gasteiger partial charge on any atom is 0.283 e. The van der Waals surface area contributed by atoms with E-state index < -0.39 is 5.91 Å². The summed E-state index contributed by atoms with van der Waals surface area (Å²) < 4.78 is 8.12. The van der Waals surface area contributed by atoms with Gasteiger partial charge in [-0.15, -0.1) is 0 Å². The number of nitrogens with one attached hydrogen (secondary N) is 1. The van der Waals surface area contributed by atoms with Crippen LogP contribution < -0.4 is 4.74 Å². The molecule has 0 radical (unpaired) electrons. The number of fused-ring (bicyclic) bond motifs is 2. The van der Waals surface area contributed by atoms with E-state index in [1.54, 1.807) is 18.5 Å². The van der Waals surface area contributed by atoms with Crippen LogP contribution in [0.4, 0.5) is 0 Å². The summed E-state index contributed by atoms with van der Waals surface area (Å²) in [5, 5.41) is 16.7. The van der Waals surface area contributed by atoms with Gasteiger partial charge in [0.1, 0.15) is 17.4 Å². The van der Waals surface area contributed by atoms with Crippen molar-refractivity contribution in [1.29, 1.82) is 5.41 Å². The Morgan fingerprint density at radius 1 is 1.08 bits per heavy atom. The maximum atomic E-state index is 13.0. The van der Waals surface area contributed by atoms with Crippen LogP contribution in [-0.4, -0.2) is 43.1 Å². The van der Waals surface area contributed by atoms with Gasteiger partial charge in [0.2, 0.25) is 5.17 Å². The number of hydrazone groups is 1. The van der Waals surface area contributed by atoms with Crippen LogP contribution in [0.25, 0.3) is 17.0 Å². The van der Waals surface area contributed by atoms with E-state index in [4.69, 9.17) is 10.1 Å². The monoisotopic (exact) mass is 520 g/mol. The predicted octanol–water partition coefficient (Wildman–Crippen LogP) is 5.40. The number of aliphatic imine (C=N–C) groups is 1. The van der Waals surface area contributed by atoms with Gasteiger partial charge in [-0.1, -0.05) is 24.3 Å². The topological polar surface area (TPSA) is 95.9 Å². The van der Waals surface area contributed by atoms with Gasteiger partial charge in [0, 0.05) is 40.6 Å². The zero-order chi connectivity index (χ0) is 26.2. The van der Waals surface area contributed by atoms with E-state index in [9.17, 15) is 4.79 Å². The molecule has 0 spiro atoms. The van der Waals surface area contributed by atoms with Crippen LogP contribution in [0.15, 0.2) is 88.9 Å². The molecule has 2 aliphatic heterocycles. The van der Waals surface area contributed by atoms with Gasteiger partial charge in [-0.2, -0.15) is 15.1 Å². The normalized spacial score (nSPS) is 16.2. The Morgan fingerprint density at radius 3 is 2.76 bits per heavy atom. The second kappa shape index (κ2) is 9.75. The van der Waals surface area contributed by atoms with Crippen molar-refractivity contribution < 1.29 is 9.53 Å². The van der Waals surface area contributed by atoms with Crippen LogP contribution >= 0.6 is 11.8 Å². The number of ether oxygens (including phenoxy) is 1. The Bertz CT molecular complexity index is 1690. The summed E-state index contributed by atoms with van der Waals surface area (Å²) in [7, 11) is 0. The molecule has 8 nitrogen and oxygen atoms in total. The standard InChI is InChI=1S/C29H24N6O2S/c1-18-9-10-22(14-19(18)2)37-13-12-34-17-21(23-7-3-4-8-25(23)34)15-24-26(30)35-29(32-27(24)36)38-28(33-35)20-6-5-11-31-16-20/h3-11,14-17,30H,12-13H2,1-2H3/b24-15-,30-26?. The van der Waals surface area contributed by atoms with E-state index in [2.05, 4.69) is 39.6 Å². The number of aryl methyl sites for hydroxylation is 2. The van der Waals surface area contributed by atoms with E-state index >= 15 is 0 Å². The van der Waals surface area contributed by atoms with Gasteiger partial charge in [-0.3, -0.25) is 15.2 Å². The van der Waals surface area contributed by atoms with Crippen LogP contribution in [0.2, 0.25) is 0 Å². The summed E-state index contributed by atoms with van der Waals surface area (Å²) in [4.78, 5) is 21.4. The maximum absolute atomic E-state index is 13.0. The van der Waals surface area contributed by atoms with Gasteiger partial charge in [-0.05, 0) is 73.1 Å². The van der Waals surface area contributed by atoms with Crippen molar-refractivity contribution in [2.24, 2.45) is 10.1 Å².